The van der Waals surface area contributed by atoms with Crippen molar-refractivity contribution in [2.75, 3.05) is 17.7 Å². The molecule has 0 aliphatic carbocycles. The number of carbonyl (C=O) groups excluding carboxylic acids is 1. The summed E-state index contributed by atoms with van der Waals surface area (Å²) in [6.07, 6.45) is 0. The normalized spacial score (nSPS) is 20.6. The quantitative estimate of drug-likeness (QED) is 0.796. The second kappa shape index (κ2) is 5.79. The standard InChI is InChI=1S/C16H14N2O6S2/c19-16-8-24-14-6-5-10(7-12(14)17-16)26(22,23)18-13-9-25(20,21)15-4-2-1-3-11(13)15/h1-7,13,18H,8-9H2,(H,17,19)/t13-/m1/s1. The second-order valence-corrected chi connectivity index (χ2v) is 9.70. The number of amides is 1. The maximum absolute atomic E-state index is 12.7. The Hall–Kier alpha value is -2.43. The van der Waals surface area contributed by atoms with Crippen molar-refractivity contribution in [3.63, 3.8) is 0 Å². The zero-order valence-corrected chi connectivity index (χ0v) is 14.9. The Bertz CT molecular complexity index is 1130. The van der Waals surface area contributed by atoms with Gasteiger partial charge >= 0.3 is 0 Å². The van der Waals surface area contributed by atoms with Gasteiger partial charge in [-0.1, -0.05) is 18.2 Å². The SMILES string of the molecule is O=C1COc2ccc(S(=O)(=O)N[C@@H]3CS(=O)(=O)c4ccccc43)cc2N1. The molecule has 26 heavy (non-hydrogen) atoms. The fourth-order valence-electron chi connectivity index (χ4n) is 3.03. The lowest BCUT2D eigenvalue weighted by molar-refractivity contribution is -0.118. The number of benzene rings is 2. The molecule has 0 saturated carbocycles. The average Bonchev–Trinajstić information content (AvgIpc) is 2.84. The van der Waals surface area contributed by atoms with Crippen LogP contribution in [-0.2, 0) is 24.7 Å². The van der Waals surface area contributed by atoms with E-state index in [0.29, 0.717) is 11.3 Å². The summed E-state index contributed by atoms with van der Waals surface area (Å²) in [7, 11) is -7.54. The average molecular weight is 394 g/mol. The maximum Gasteiger partial charge on any atom is 0.262 e. The summed E-state index contributed by atoms with van der Waals surface area (Å²) in [5.41, 5.74) is 0.675. The number of fused-ring (bicyclic) bond motifs is 2. The highest BCUT2D eigenvalue weighted by Gasteiger charge is 2.37. The van der Waals surface area contributed by atoms with Gasteiger partial charge in [-0.25, -0.2) is 21.6 Å². The first-order valence-corrected chi connectivity index (χ1v) is 10.8. The fraction of sp³-hybridized carbons (Fsp3) is 0.188. The Morgan fingerprint density at radius 3 is 2.73 bits per heavy atom. The molecular weight excluding hydrogens is 380 g/mol. The van der Waals surface area contributed by atoms with Crippen molar-refractivity contribution >= 4 is 31.5 Å². The fourth-order valence-corrected chi connectivity index (χ4v) is 6.12. The predicted molar refractivity (Wildman–Crippen MR) is 92.1 cm³/mol. The van der Waals surface area contributed by atoms with Crippen molar-refractivity contribution in [1.82, 2.24) is 4.72 Å². The smallest absolute Gasteiger partial charge is 0.262 e. The van der Waals surface area contributed by atoms with Gasteiger partial charge in [0.25, 0.3) is 5.91 Å². The number of sulfonamides is 1. The molecule has 0 unspecified atom stereocenters. The van der Waals surface area contributed by atoms with E-state index in [9.17, 15) is 21.6 Å². The van der Waals surface area contributed by atoms with E-state index in [-0.39, 0.29) is 33.7 Å². The lowest BCUT2D eigenvalue weighted by Gasteiger charge is -2.19. The van der Waals surface area contributed by atoms with Crippen LogP contribution in [-0.4, -0.2) is 35.1 Å². The van der Waals surface area contributed by atoms with Gasteiger partial charge in [0.05, 0.1) is 27.3 Å². The summed E-state index contributed by atoms with van der Waals surface area (Å²) in [5.74, 6) is -0.343. The molecule has 2 aliphatic rings. The molecule has 8 nitrogen and oxygen atoms in total. The highest BCUT2D eigenvalue weighted by Crippen LogP contribution is 2.35. The predicted octanol–water partition coefficient (Wildman–Crippen LogP) is 0.824. The van der Waals surface area contributed by atoms with Crippen molar-refractivity contribution < 1.29 is 26.4 Å². The molecular formula is C16H14N2O6S2. The Labute approximate surface area is 150 Å². The third-order valence-corrected chi connectivity index (χ3v) is 7.49. The summed E-state index contributed by atoms with van der Waals surface area (Å²) in [4.78, 5) is 11.5. The maximum atomic E-state index is 12.7. The molecule has 136 valence electrons. The number of anilines is 1. The van der Waals surface area contributed by atoms with Crippen LogP contribution in [0.5, 0.6) is 5.75 Å². The van der Waals surface area contributed by atoms with Crippen LogP contribution in [0.4, 0.5) is 5.69 Å². The van der Waals surface area contributed by atoms with Gasteiger partial charge in [0.1, 0.15) is 5.75 Å². The summed E-state index contributed by atoms with van der Waals surface area (Å²) in [5, 5.41) is 2.54. The van der Waals surface area contributed by atoms with Crippen LogP contribution in [0.2, 0.25) is 0 Å². The van der Waals surface area contributed by atoms with Crippen molar-refractivity contribution in [3.05, 3.63) is 48.0 Å². The van der Waals surface area contributed by atoms with Crippen molar-refractivity contribution in [2.24, 2.45) is 0 Å². The lowest BCUT2D eigenvalue weighted by Crippen LogP contribution is -2.30. The van der Waals surface area contributed by atoms with Crippen LogP contribution in [0.3, 0.4) is 0 Å². The number of hydrogen-bond acceptors (Lipinski definition) is 6. The minimum atomic E-state index is -4.01. The molecule has 2 aromatic rings. The van der Waals surface area contributed by atoms with Crippen LogP contribution in [0.15, 0.2) is 52.3 Å². The lowest BCUT2D eigenvalue weighted by atomic mass is 10.1. The molecule has 1 atom stereocenters. The molecule has 0 radical (unpaired) electrons. The summed E-state index contributed by atoms with van der Waals surface area (Å²) in [6, 6.07) is 9.51. The summed E-state index contributed by atoms with van der Waals surface area (Å²) < 4.78 is 57.5. The van der Waals surface area contributed by atoms with Crippen LogP contribution in [0, 0.1) is 0 Å². The third kappa shape index (κ3) is 2.85. The molecule has 4 rings (SSSR count). The minimum Gasteiger partial charge on any atom is -0.482 e. The molecule has 1 amide bonds. The molecule has 2 N–H and O–H groups in total. The van der Waals surface area contributed by atoms with Gasteiger partial charge in [-0.3, -0.25) is 4.79 Å². The first-order chi connectivity index (χ1) is 12.3. The summed E-state index contributed by atoms with van der Waals surface area (Å²) >= 11 is 0. The van der Waals surface area contributed by atoms with Gasteiger partial charge in [0, 0.05) is 0 Å². The van der Waals surface area contributed by atoms with E-state index in [0.717, 1.165) is 0 Å². The van der Waals surface area contributed by atoms with Gasteiger partial charge in [-0.05, 0) is 29.8 Å². The molecule has 2 aliphatic heterocycles. The highest BCUT2D eigenvalue weighted by atomic mass is 32.2. The molecule has 0 bridgehead atoms. The Balaban J connectivity index is 1.67. The van der Waals surface area contributed by atoms with E-state index in [4.69, 9.17) is 4.74 Å². The van der Waals surface area contributed by atoms with Gasteiger partial charge in [0.15, 0.2) is 16.4 Å². The van der Waals surface area contributed by atoms with Gasteiger partial charge in [-0.2, -0.15) is 0 Å². The Kier molecular flexibility index (Phi) is 3.79. The first-order valence-electron chi connectivity index (χ1n) is 7.67. The monoisotopic (exact) mass is 394 g/mol. The molecule has 0 fully saturated rings. The van der Waals surface area contributed by atoms with Crippen molar-refractivity contribution in [1.29, 1.82) is 0 Å². The van der Waals surface area contributed by atoms with E-state index in [1.807, 2.05) is 0 Å². The van der Waals surface area contributed by atoms with E-state index in [2.05, 4.69) is 10.0 Å². The van der Waals surface area contributed by atoms with E-state index in [1.165, 1.54) is 24.3 Å². The molecule has 0 spiro atoms. The van der Waals surface area contributed by atoms with E-state index < -0.39 is 25.9 Å². The molecule has 0 aromatic heterocycles. The van der Waals surface area contributed by atoms with Gasteiger partial charge < -0.3 is 10.1 Å². The molecule has 0 saturated heterocycles. The van der Waals surface area contributed by atoms with E-state index in [1.54, 1.807) is 18.2 Å². The number of carbonyl (C=O) groups is 1. The summed E-state index contributed by atoms with van der Waals surface area (Å²) in [6.45, 7) is -0.131. The van der Waals surface area contributed by atoms with Crippen LogP contribution < -0.4 is 14.8 Å². The van der Waals surface area contributed by atoms with Crippen LogP contribution in [0.1, 0.15) is 11.6 Å². The first kappa shape index (κ1) is 17.0. The zero-order valence-electron chi connectivity index (χ0n) is 13.3. The Morgan fingerprint density at radius 2 is 1.92 bits per heavy atom. The van der Waals surface area contributed by atoms with Crippen LogP contribution >= 0.6 is 0 Å². The topological polar surface area (TPSA) is 119 Å². The largest absolute Gasteiger partial charge is 0.482 e. The highest BCUT2D eigenvalue weighted by molar-refractivity contribution is 7.92. The van der Waals surface area contributed by atoms with E-state index >= 15 is 0 Å². The molecule has 2 aromatic carbocycles. The van der Waals surface area contributed by atoms with Gasteiger partial charge in [0.2, 0.25) is 10.0 Å². The minimum absolute atomic E-state index is 0.0937. The van der Waals surface area contributed by atoms with Crippen LogP contribution in [0.25, 0.3) is 0 Å². The molecule has 10 heteroatoms. The molecule has 2 heterocycles. The second-order valence-electron chi connectivity index (χ2n) is 5.99. The van der Waals surface area contributed by atoms with Crippen molar-refractivity contribution in [2.45, 2.75) is 15.8 Å². The zero-order chi connectivity index (χ0) is 18.5. The van der Waals surface area contributed by atoms with Gasteiger partial charge in [-0.15, -0.1) is 0 Å². The number of nitrogens with one attached hydrogen (secondary N) is 2. The number of sulfone groups is 1. The third-order valence-electron chi connectivity index (χ3n) is 4.21. The number of ether oxygens (including phenoxy) is 1. The Morgan fingerprint density at radius 1 is 1.15 bits per heavy atom. The number of rotatable bonds is 3. The van der Waals surface area contributed by atoms with Crippen molar-refractivity contribution in [3.8, 4) is 5.75 Å². The number of hydrogen-bond donors (Lipinski definition) is 2.